The van der Waals surface area contributed by atoms with Crippen LogP contribution in [0.25, 0.3) is 0 Å². The normalized spacial score (nSPS) is 10.8. The smallest absolute Gasteiger partial charge is 0.110 e. The molecule has 2 N–H and O–H groups in total. The van der Waals surface area contributed by atoms with E-state index in [1.165, 1.54) is 6.08 Å². The van der Waals surface area contributed by atoms with Gasteiger partial charge in [0, 0.05) is 6.54 Å². The highest BCUT2D eigenvalue weighted by molar-refractivity contribution is 5.85. The van der Waals surface area contributed by atoms with E-state index in [0.29, 0.717) is 6.42 Å². The zero-order valence-corrected chi connectivity index (χ0v) is 8.06. The number of benzene rings is 1. The van der Waals surface area contributed by atoms with Gasteiger partial charge in [-0.05, 0) is 18.1 Å². The standard InChI is InChI=1S/C10H12FN.ClH/c11-10(8-12)7-6-9-4-2-1-3-5-9;/h1-5,7H,6,8,12H2;1H/b10-7+;. The van der Waals surface area contributed by atoms with Crippen molar-refractivity contribution in [1.82, 2.24) is 0 Å². The third kappa shape index (κ3) is 4.65. The highest BCUT2D eigenvalue weighted by Gasteiger charge is 1.90. The van der Waals surface area contributed by atoms with Crippen LogP contribution < -0.4 is 5.73 Å². The summed E-state index contributed by atoms with van der Waals surface area (Å²) in [4.78, 5) is 0. The van der Waals surface area contributed by atoms with Crippen molar-refractivity contribution >= 4 is 12.4 Å². The molecule has 0 saturated heterocycles. The second kappa shape index (κ2) is 6.63. The highest BCUT2D eigenvalue weighted by atomic mass is 35.5. The van der Waals surface area contributed by atoms with E-state index >= 15 is 0 Å². The number of rotatable bonds is 3. The number of allylic oxidation sites excluding steroid dienone is 1. The molecule has 0 saturated carbocycles. The summed E-state index contributed by atoms with van der Waals surface area (Å²) in [6.45, 7) is -0.00711. The molecule has 3 heteroatoms. The first-order valence-corrected chi connectivity index (χ1v) is 3.91. The van der Waals surface area contributed by atoms with Crippen molar-refractivity contribution in [2.75, 3.05) is 6.54 Å². The molecule has 0 unspecified atom stereocenters. The monoisotopic (exact) mass is 201 g/mol. The van der Waals surface area contributed by atoms with Gasteiger partial charge < -0.3 is 5.73 Å². The molecule has 1 nitrogen and oxygen atoms in total. The average molecular weight is 202 g/mol. The van der Waals surface area contributed by atoms with Gasteiger partial charge in [-0.15, -0.1) is 12.4 Å². The van der Waals surface area contributed by atoms with Crippen LogP contribution in [0.1, 0.15) is 5.56 Å². The Hall–Kier alpha value is -0.860. The lowest BCUT2D eigenvalue weighted by Crippen LogP contribution is -1.98. The van der Waals surface area contributed by atoms with Gasteiger partial charge in [0.15, 0.2) is 0 Å². The molecule has 0 spiro atoms. The quantitative estimate of drug-likeness (QED) is 0.799. The highest BCUT2D eigenvalue weighted by Crippen LogP contribution is 2.02. The Kier molecular flexibility index (Phi) is 6.20. The summed E-state index contributed by atoms with van der Waals surface area (Å²) in [5.74, 6) is -0.251. The Balaban J connectivity index is 0.00000144. The van der Waals surface area contributed by atoms with Crippen molar-refractivity contribution in [2.24, 2.45) is 5.73 Å². The van der Waals surface area contributed by atoms with E-state index in [9.17, 15) is 4.39 Å². The third-order valence-electron chi connectivity index (χ3n) is 1.60. The Bertz CT molecular complexity index is 259. The predicted molar refractivity (Wildman–Crippen MR) is 55.6 cm³/mol. The second-order valence-corrected chi connectivity index (χ2v) is 2.54. The van der Waals surface area contributed by atoms with Gasteiger partial charge in [-0.3, -0.25) is 0 Å². The van der Waals surface area contributed by atoms with E-state index in [1.54, 1.807) is 0 Å². The number of hydrogen-bond acceptors (Lipinski definition) is 1. The van der Waals surface area contributed by atoms with Crippen LogP contribution in [-0.4, -0.2) is 6.54 Å². The van der Waals surface area contributed by atoms with E-state index in [0.717, 1.165) is 5.56 Å². The minimum Gasteiger partial charge on any atom is -0.325 e. The van der Waals surface area contributed by atoms with Gasteiger partial charge >= 0.3 is 0 Å². The molecule has 1 aromatic carbocycles. The van der Waals surface area contributed by atoms with E-state index in [-0.39, 0.29) is 24.8 Å². The summed E-state index contributed by atoms with van der Waals surface area (Å²) in [6, 6.07) is 9.72. The van der Waals surface area contributed by atoms with Gasteiger partial charge in [0.1, 0.15) is 5.83 Å². The first-order chi connectivity index (χ1) is 5.83. The van der Waals surface area contributed by atoms with Gasteiger partial charge in [0.25, 0.3) is 0 Å². The number of nitrogens with two attached hydrogens (primary N) is 1. The lowest BCUT2D eigenvalue weighted by Gasteiger charge is -1.94. The zero-order chi connectivity index (χ0) is 8.81. The molecule has 0 radical (unpaired) electrons. The van der Waals surface area contributed by atoms with Crippen molar-refractivity contribution in [3.63, 3.8) is 0 Å². The largest absolute Gasteiger partial charge is 0.325 e. The summed E-state index contributed by atoms with van der Waals surface area (Å²) < 4.78 is 12.6. The van der Waals surface area contributed by atoms with Crippen LogP contribution in [0.15, 0.2) is 42.2 Å². The fourth-order valence-corrected chi connectivity index (χ4v) is 0.926. The van der Waals surface area contributed by atoms with Crippen LogP contribution in [0.2, 0.25) is 0 Å². The van der Waals surface area contributed by atoms with Crippen molar-refractivity contribution in [1.29, 1.82) is 0 Å². The Morgan fingerprint density at radius 3 is 2.46 bits per heavy atom. The van der Waals surface area contributed by atoms with Crippen LogP contribution in [0.3, 0.4) is 0 Å². The van der Waals surface area contributed by atoms with E-state index in [4.69, 9.17) is 5.73 Å². The molecule has 0 aliphatic heterocycles. The van der Waals surface area contributed by atoms with Crippen LogP contribution in [-0.2, 0) is 6.42 Å². The molecule has 13 heavy (non-hydrogen) atoms. The fraction of sp³-hybridized carbons (Fsp3) is 0.200. The maximum absolute atomic E-state index is 12.6. The van der Waals surface area contributed by atoms with Crippen molar-refractivity contribution in [3.05, 3.63) is 47.8 Å². The van der Waals surface area contributed by atoms with Gasteiger partial charge in [0.05, 0.1) is 0 Å². The summed E-state index contributed by atoms with van der Waals surface area (Å²) in [6.07, 6.45) is 2.12. The van der Waals surface area contributed by atoms with Gasteiger partial charge in [-0.25, -0.2) is 4.39 Å². The van der Waals surface area contributed by atoms with Crippen molar-refractivity contribution in [3.8, 4) is 0 Å². The minimum absolute atomic E-state index is 0. The first kappa shape index (κ1) is 12.1. The molecule has 0 bridgehead atoms. The lowest BCUT2D eigenvalue weighted by molar-refractivity contribution is 0.614. The van der Waals surface area contributed by atoms with Crippen molar-refractivity contribution in [2.45, 2.75) is 6.42 Å². The molecule has 0 amide bonds. The average Bonchev–Trinajstić information content (AvgIpc) is 2.16. The fourth-order valence-electron chi connectivity index (χ4n) is 0.926. The first-order valence-electron chi connectivity index (χ1n) is 3.91. The summed E-state index contributed by atoms with van der Waals surface area (Å²) in [5, 5.41) is 0. The summed E-state index contributed by atoms with van der Waals surface area (Å²) >= 11 is 0. The summed E-state index contributed by atoms with van der Waals surface area (Å²) in [5.41, 5.74) is 6.19. The number of halogens is 2. The van der Waals surface area contributed by atoms with Crippen LogP contribution in [0.5, 0.6) is 0 Å². The topological polar surface area (TPSA) is 26.0 Å². The van der Waals surface area contributed by atoms with Crippen LogP contribution in [0, 0.1) is 0 Å². The molecule has 0 aromatic heterocycles. The van der Waals surface area contributed by atoms with Gasteiger partial charge in [0.2, 0.25) is 0 Å². The maximum Gasteiger partial charge on any atom is 0.110 e. The zero-order valence-electron chi connectivity index (χ0n) is 7.24. The Morgan fingerprint density at radius 1 is 1.31 bits per heavy atom. The van der Waals surface area contributed by atoms with Crippen LogP contribution in [0.4, 0.5) is 4.39 Å². The lowest BCUT2D eigenvalue weighted by atomic mass is 10.1. The van der Waals surface area contributed by atoms with E-state index in [2.05, 4.69) is 0 Å². The van der Waals surface area contributed by atoms with Crippen molar-refractivity contribution < 1.29 is 4.39 Å². The van der Waals surface area contributed by atoms with Crippen LogP contribution >= 0.6 is 12.4 Å². The SMILES string of the molecule is Cl.NC/C(F)=C\Cc1ccccc1. The third-order valence-corrected chi connectivity index (χ3v) is 1.60. The predicted octanol–water partition coefficient (Wildman–Crippen LogP) is 2.46. The van der Waals surface area contributed by atoms with Gasteiger partial charge in [-0.1, -0.05) is 30.3 Å². The molecule has 0 heterocycles. The maximum atomic E-state index is 12.6. The molecular weight excluding hydrogens is 189 g/mol. The Morgan fingerprint density at radius 2 is 1.92 bits per heavy atom. The van der Waals surface area contributed by atoms with E-state index in [1.807, 2.05) is 30.3 Å². The summed E-state index contributed by atoms with van der Waals surface area (Å²) in [7, 11) is 0. The molecule has 0 fully saturated rings. The molecule has 72 valence electrons. The minimum atomic E-state index is -0.251. The molecule has 0 aliphatic rings. The molecular formula is C10H13ClFN. The molecule has 1 rings (SSSR count). The Labute approximate surface area is 83.9 Å². The van der Waals surface area contributed by atoms with Gasteiger partial charge in [-0.2, -0.15) is 0 Å². The molecule has 1 aromatic rings. The molecule has 0 aliphatic carbocycles. The second-order valence-electron chi connectivity index (χ2n) is 2.54. The molecule has 0 atom stereocenters. The number of hydrogen-bond donors (Lipinski definition) is 1. The van der Waals surface area contributed by atoms with E-state index < -0.39 is 0 Å².